The maximum Gasteiger partial charge on any atom is 0.326 e. The van der Waals surface area contributed by atoms with Gasteiger partial charge in [0.05, 0.1) is 17.3 Å². The average molecular weight is 461 g/mol. The molecule has 1 unspecified atom stereocenters. The van der Waals surface area contributed by atoms with Gasteiger partial charge in [-0.2, -0.15) is 4.98 Å². The van der Waals surface area contributed by atoms with Crippen molar-refractivity contribution in [2.24, 2.45) is 0 Å². The van der Waals surface area contributed by atoms with E-state index >= 15 is 0 Å². The Labute approximate surface area is 194 Å². The summed E-state index contributed by atoms with van der Waals surface area (Å²) in [5, 5.41) is 7.67. The largest absolute Gasteiger partial charge is 0.334 e. The van der Waals surface area contributed by atoms with E-state index in [4.69, 9.17) is 16.1 Å². The van der Waals surface area contributed by atoms with E-state index in [0.717, 1.165) is 5.56 Å². The van der Waals surface area contributed by atoms with E-state index in [-0.39, 0.29) is 17.7 Å². The number of hydrogen-bond donors (Lipinski definition) is 1. The number of anilines is 1. The molecule has 0 saturated carbocycles. The van der Waals surface area contributed by atoms with Crippen LogP contribution in [-0.4, -0.2) is 16.2 Å². The fraction of sp³-hybridized carbons (Fsp3) is 0.0800. The average Bonchev–Trinajstić information content (AvgIpc) is 3.30. The zero-order valence-corrected chi connectivity index (χ0v) is 18.3. The highest BCUT2D eigenvalue weighted by Crippen LogP contribution is 2.39. The van der Waals surface area contributed by atoms with Crippen LogP contribution < -0.4 is 10.2 Å². The predicted molar refractivity (Wildman–Crippen MR) is 124 cm³/mol. The molecule has 1 N–H and O–H groups in total. The van der Waals surface area contributed by atoms with E-state index in [1.165, 1.54) is 17.0 Å². The maximum absolute atomic E-state index is 13.7. The minimum absolute atomic E-state index is 0.236. The number of nitrogens with zero attached hydrogens (tertiary/aromatic N) is 3. The number of benzene rings is 3. The van der Waals surface area contributed by atoms with Gasteiger partial charge in [-0.15, -0.1) is 0 Å². The van der Waals surface area contributed by atoms with E-state index in [1.54, 1.807) is 36.4 Å². The van der Waals surface area contributed by atoms with Gasteiger partial charge in [-0.3, -0.25) is 4.90 Å². The molecule has 0 saturated heterocycles. The third-order valence-electron chi connectivity index (χ3n) is 5.44. The Balaban J connectivity index is 1.65. The lowest BCUT2D eigenvalue weighted by Gasteiger charge is -2.35. The predicted octanol–water partition coefficient (Wildman–Crippen LogP) is 6.23. The smallest absolute Gasteiger partial charge is 0.326 e. The second-order valence-electron chi connectivity index (χ2n) is 7.54. The van der Waals surface area contributed by atoms with Crippen molar-refractivity contribution in [3.05, 3.63) is 107 Å². The monoisotopic (exact) mass is 460 g/mol. The van der Waals surface area contributed by atoms with Crippen molar-refractivity contribution in [1.29, 1.82) is 0 Å². The van der Waals surface area contributed by atoms with Gasteiger partial charge in [0, 0.05) is 16.3 Å². The molecular weight excluding hydrogens is 443 g/mol. The van der Waals surface area contributed by atoms with Crippen molar-refractivity contribution in [2.45, 2.75) is 13.0 Å². The van der Waals surface area contributed by atoms with Crippen LogP contribution in [0.2, 0.25) is 5.02 Å². The number of aromatic nitrogens is 2. The first-order valence-electron chi connectivity index (χ1n) is 10.2. The van der Waals surface area contributed by atoms with Gasteiger partial charge in [0.25, 0.3) is 5.89 Å². The van der Waals surface area contributed by atoms with Gasteiger partial charge < -0.3 is 9.84 Å². The van der Waals surface area contributed by atoms with E-state index in [0.29, 0.717) is 27.5 Å². The quantitative estimate of drug-likeness (QED) is 0.392. The van der Waals surface area contributed by atoms with Crippen molar-refractivity contribution >= 4 is 28.9 Å². The third kappa shape index (κ3) is 3.99. The number of urea groups is 1. The number of carbonyl (C=O) groups excluding carboxylic acids is 1. The Morgan fingerprint density at radius 2 is 1.79 bits per heavy atom. The Bertz CT molecular complexity index is 1350. The normalized spacial score (nSPS) is 16.2. The molecule has 1 atom stereocenters. The van der Waals surface area contributed by atoms with Crippen LogP contribution >= 0.6 is 11.6 Å². The summed E-state index contributed by atoms with van der Waals surface area (Å²) in [6.07, 6.45) is 0. The van der Waals surface area contributed by atoms with Crippen LogP contribution in [0.25, 0.3) is 17.0 Å². The number of allylic oxidation sites excluding steroid dienone is 1. The molecule has 0 fully saturated rings. The summed E-state index contributed by atoms with van der Waals surface area (Å²) in [4.78, 5) is 19.2. The highest BCUT2D eigenvalue weighted by molar-refractivity contribution is 6.30. The lowest BCUT2D eigenvalue weighted by atomic mass is 9.94. The number of nitrogens with one attached hydrogen (secondary N) is 1. The minimum atomic E-state index is -0.511. The van der Waals surface area contributed by atoms with Crippen molar-refractivity contribution in [1.82, 2.24) is 15.5 Å². The fourth-order valence-electron chi connectivity index (χ4n) is 3.89. The fourth-order valence-corrected chi connectivity index (χ4v) is 4.02. The van der Waals surface area contributed by atoms with Crippen molar-refractivity contribution in [3.63, 3.8) is 0 Å². The molecule has 2 amide bonds. The topological polar surface area (TPSA) is 71.3 Å². The van der Waals surface area contributed by atoms with E-state index in [1.807, 2.05) is 37.3 Å². The molecule has 3 aromatic carbocycles. The Hall–Kier alpha value is -3.97. The summed E-state index contributed by atoms with van der Waals surface area (Å²) in [5.41, 5.74) is 3.27. The maximum atomic E-state index is 13.7. The van der Waals surface area contributed by atoms with Gasteiger partial charge in [-0.1, -0.05) is 59.2 Å². The van der Waals surface area contributed by atoms with Gasteiger partial charge in [-0.25, -0.2) is 9.18 Å². The molecular formula is C25H18ClFN4O2. The zero-order chi connectivity index (χ0) is 22.9. The molecule has 0 aliphatic carbocycles. The Morgan fingerprint density at radius 3 is 2.52 bits per heavy atom. The molecule has 0 bridgehead atoms. The summed E-state index contributed by atoms with van der Waals surface area (Å²) in [6, 6.07) is 21.7. The summed E-state index contributed by atoms with van der Waals surface area (Å²) in [5.74, 6) is 0.0985. The number of halogens is 2. The first-order valence-corrected chi connectivity index (χ1v) is 10.6. The van der Waals surface area contributed by atoms with Gasteiger partial charge in [-0.05, 0) is 48.9 Å². The van der Waals surface area contributed by atoms with E-state index in [2.05, 4.69) is 15.5 Å². The highest BCUT2D eigenvalue weighted by Gasteiger charge is 2.36. The number of carbonyl (C=O) groups is 1. The molecule has 4 aromatic rings. The van der Waals surface area contributed by atoms with Crippen molar-refractivity contribution in [3.8, 4) is 11.4 Å². The first kappa shape index (κ1) is 20.9. The number of hydrogen-bond acceptors (Lipinski definition) is 4. The van der Waals surface area contributed by atoms with E-state index in [9.17, 15) is 9.18 Å². The van der Waals surface area contributed by atoms with Crippen LogP contribution in [0.5, 0.6) is 0 Å². The molecule has 5 rings (SSSR count). The van der Waals surface area contributed by atoms with Gasteiger partial charge in [0.2, 0.25) is 5.82 Å². The molecule has 6 nitrogen and oxygen atoms in total. The van der Waals surface area contributed by atoms with Gasteiger partial charge in [0.15, 0.2) is 0 Å². The Morgan fingerprint density at radius 1 is 1.03 bits per heavy atom. The van der Waals surface area contributed by atoms with E-state index < -0.39 is 11.9 Å². The highest BCUT2D eigenvalue weighted by atomic mass is 35.5. The summed E-state index contributed by atoms with van der Waals surface area (Å²) in [7, 11) is 0. The molecule has 0 radical (unpaired) electrons. The molecule has 1 aliphatic heterocycles. The second kappa shape index (κ2) is 8.52. The van der Waals surface area contributed by atoms with Crippen LogP contribution in [0, 0.1) is 5.82 Å². The Kier molecular flexibility index (Phi) is 5.40. The van der Waals surface area contributed by atoms with Gasteiger partial charge in [0.1, 0.15) is 5.82 Å². The molecule has 1 aromatic heterocycles. The number of rotatable bonds is 4. The molecule has 8 heteroatoms. The van der Waals surface area contributed by atoms with Crippen LogP contribution in [0.4, 0.5) is 14.9 Å². The lowest BCUT2D eigenvalue weighted by molar-refractivity contribution is 0.244. The lowest BCUT2D eigenvalue weighted by Crippen LogP contribution is -2.46. The molecule has 1 aliphatic rings. The van der Waals surface area contributed by atoms with Crippen LogP contribution in [-0.2, 0) is 0 Å². The summed E-state index contributed by atoms with van der Waals surface area (Å²) < 4.78 is 19.3. The number of amides is 2. The SMILES string of the molecule is CC1=C(c2nc(-c3cccc(F)c3)no2)C(c2ccccc2)NC(=O)N1c1ccc(Cl)cc1. The standard InChI is InChI=1S/C25H18ClFN4O2/c1-15-21(24-29-23(30-33-24)17-8-5-9-19(27)14-17)22(16-6-3-2-4-7-16)28-25(32)31(15)20-12-10-18(26)11-13-20/h2-14,22H,1H3,(H,28,32). The first-order chi connectivity index (χ1) is 16.0. The van der Waals surface area contributed by atoms with Crippen LogP contribution in [0.15, 0.2) is 89.1 Å². The molecule has 164 valence electrons. The van der Waals surface area contributed by atoms with Crippen LogP contribution in [0.1, 0.15) is 24.4 Å². The minimum Gasteiger partial charge on any atom is -0.334 e. The zero-order valence-electron chi connectivity index (χ0n) is 17.5. The third-order valence-corrected chi connectivity index (χ3v) is 5.69. The summed E-state index contributed by atoms with van der Waals surface area (Å²) in [6.45, 7) is 1.82. The second-order valence-corrected chi connectivity index (χ2v) is 7.97. The van der Waals surface area contributed by atoms with Crippen molar-refractivity contribution in [2.75, 3.05) is 4.90 Å². The van der Waals surface area contributed by atoms with Crippen molar-refractivity contribution < 1.29 is 13.7 Å². The van der Waals surface area contributed by atoms with Gasteiger partial charge >= 0.3 is 6.03 Å². The molecule has 0 spiro atoms. The molecule has 33 heavy (non-hydrogen) atoms. The summed E-state index contributed by atoms with van der Waals surface area (Å²) >= 11 is 6.03. The molecule has 2 heterocycles. The van der Waals surface area contributed by atoms with Crippen LogP contribution in [0.3, 0.4) is 0 Å².